The highest BCUT2D eigenvalue weighted by Crippen LogP contribution is 2.20. The molecule has 0 fully saturated rings. The number of rotatable bonds is 4. The predicted molar refractivity (Wildman–Crippen MR) is 62.3 cm³/mol. The van der Waals surface area contributed by atoms with Crippen LogP contribution >= 0.6 is 0 Å². The van der Waals surface area contributed by atoms with E-state index < -0.39 is 0 Å². The quantitative estimate of drug-likeness (QED) is 0.782. The number of carbonyl (C=O) groups excluding carboxylic acids is 1. The maximum Gasteiger partial charge on any atom is 0.250 e. The molecule has 4 heteroatoms. The van der Waals surface area contributed by atoms with Crippen molar-refractivity contribution in [1.29, 1.82) is 0 Å². The molecule has 1 rings (SSSR count). The molecule has 0 aliphatic rings. The molecule has 1 aromatic carbocycles. The molecule has 2 atom stereocenters. The number of nitrogens with two attached hydrogens (primary N) is 1. The molecule has 0 heterocycles. The normalized spacial score (nSPS) is 14.2. The van der Waals surface area contributed by atoms with Crippen molar-refractivity contribution in [2.75, 3.05) is 14.2 Å². The van der Waals surface area contributed by atoms with E-state index in [0.717, 1.165) is 5.56 Å². The Bertz CT molecular complexity index is 340. The summed E-state index contributed by atoms with van der Waals surface area (Å²) in [5, 5.41) is 1.20. The van der Waals surface area contributed by atoms with Crippen molar-refractivity contribution in [2.24, 2.45) is 11.7 Å². The first-order chi connectivity index (χ1) is 7.57. The first-order valence-electron chi connectivity index (χ1n) is 5.20. The largest absolute Gasteiger partial charge is 0.323 e. The van der Waals surface area contributed by atoms with Crippen LogP contribution in [0.1, 0.15) is 18.5 Å². The van der Waals surface area contributed by atoms with Crippen LogP contribution in [0.2, 0.25) is 0 Å². The molecule has 0 spiro atoms. The Morgan fingerprint density at radius 1 is 1.38 bits per heavy atom. The second-order valence-electron chi connectivity index (χ2n) is 3.74. The minimum Gasteiger partial charge on any atom is -0.323 e. The van der Waals surface area contributed by atoms with Gasteiger partial charge in [0.2, 0.25) is 0 Å². The zero-order chi connectivity index (χ0) is 12.1. The van der Waals surface area contributed by atoms with E-state index in [0.29, 0.717) is 0 Å². The molecular weight excluding hydrogens is 204 g/mol. The van der Waals surface area contributed by atoms with Crippen LogP contribution in [0.3, 0.4) is 0 Å². The number of benzene rings is 1. The van der Waals surface area contributed by atoms with Gasteiger partial charge in [0.15, 0.2) is 0 Å². The van der Waals surface area contributed by atoms with E-state index in [-0.39, 0.29) is 17.9 Å². The monoisotopic (exact) mass is 222 g/mol. The number of hydrogen-bond acceptors (Lipinski definition) is 3. The molecule has 0 aromatic heterocycles. The van der Waals surface area contributed by atoms with Crippen LogP contribution in [0.25, 0.3) is 0 Å². The van der Waals surface area contributed by atoms with Crippen molar-refractivity contribution in [3.8, 4) is 0 Å². The minimum atomic E-state index is -0.314. The van der Waals surface area contributed by atoms with Gasteiger partial charge in [0.1, 0.15) is 0 Å². The summed E-state index contributed by atoms with van der Waals surface area (Å²) in [6, 6.07) is 9.26. The van der Waals surface area contributed by atoms with Gasteiger partial charge in [0.25, 0.3) is 5.91 Å². The summed E-state index contributed by atoms with van der Waals surface area (Å²) in [7, 11) is 3.04. The smallest absolute Gasteiger partial charge is 0.250 e. The van der Waals surface area contributed by atoms with Gasteiger partial charge >= 0.3 is 0 Å². The van der Waals surface area contributed by atoms with Crippen LogP contribution in [-0.4, -0.2) is 25.1 Å². The van der Waals surface area contributed by atoms with E-state index >= 15 is 0 Å². The highest BCUT2D eigenvalue weighted by Gasteiger charge is 2.24. The predicted octanol–water partition coefficient (Wildman–Crippen LogP) is 1.34. The molecule has 1 aromatic rings. The lowest BCUT2D eigenvalue weighted by molar-refractivity contribution is -0.173. The Labute approximate surface area is 95.9 Å². The Balaban J connectivity index is 2.75. The maximum atomic E-state index is 11.8. The highest BCUT2D eigenvalue weighted by atomic mass is 16.7. The molecule has 0 saturated heterocycles. The van der Waals surface area contributed by atoms with Gasteiger partial charge in [0, 0.05) is 13.1 Å². The molecule has 0 radical (unpaired) electrons. The SMILES string of the molecule is CON(C)C(=O)C(C)C(N)c1ccccc1. The minimum absolute atomic E-state index is 0.126. The van der Waals surface area contributed by atoms with E-state index in [1.54, 1.807) is 14.0 Å². The number of hydrogen-bond donors (Lipinski definition) is 1. The number of hydroxylamine groups is 2. The summed E-state index contributed by atoms with van der Waals surface area (Å²) in [6.07, 6.45) is 0. The third kappa shape index (κ3) is 2.81. The van der Waals surface area contributed by atoms with Gasteiger partial charge in [-0.1, -0.05) is 37.3 Å². The Kier molecular flexibility index (Phi) is 4.46. The molecule has 0 aliphatic carbocycles. The van der Waals surface area contributed by atoms with E-state index in [4.69, 9.17) is 10.6 Å². The van der Waals surface area contributed by atoms with E-state index in [2.05, 4.69) is 0 Å². The second-order valence-corrected chi connectivity index (χ2v) is 3.74. The van der Waals surface area contributed by atoms with Crippen molar-refractivity contribution in [3.05, 3.63) is 35.9 Å². The third-order valence-corrected chi connectivity index (χ3v) is 2.70. The summed E-state index contributed by atoms with van der Waals surface area (Å²) in [4.78, 5) is 16.7. The molecule has 16 heavy (non-hydrogen) atoms. The number of carbonyl (C=O) groups is 1. The van der Waals surface area contributed by atoms with Gasteiger partial charge in [-0.05, 0) is 5.56 Å². The van der Waals surface area contributed by atoms with Crippen LogP contribution in [0.4, 0.5) is 0 Å². The topological polar surface area (TPSA) is 55.6 Å². The highest BCUT2D eigenvalue weighted by molar-refractivity contribution is 5.78. The van der Waals surface area contributed by atoms with Crippen LogP contribution in [0, 0.1) is 5.92 Å². The fourth-order valence-corrected chi connectivity index (χ4v) is 1.49. The van der Waals surface area contributed by atoms with Crippen LogP contribution in [0.15, 0.2) is 30.3 Å². The molecule has 88 valence electrons. The molecule has 1 amide bonds. The van der Waals surface area contributed by atoms with E-state index in [1.165, 1.54) is 12.2 Å². The van der Waals surface area contributed by atoms with Crippen molar-refractivity contribution in [3.63, 3.8) is 0 Å². The second kappa shape index (κ2) is 5.63. The standard InChI is InChI=1S/C12H18N2O2/c1-9(12(15)14(2)16-3)11(13)10-7-5-4-6-8-10/h4-9,11H,13H2,1-3H3. The van der Waals surface area contributed by atoms with Crippen molar-refractivity contribution in [2.45, 2.75) is 13.0 Å². The Hall–Kier alpha value is -1.39. The average Bonchev–Trinajstić information content (AvgIpc) is 2.36. The average molecular weight is 222 g/mol. The van der Waals surface area contributed by atoms with Crippen molar-refractivity contribution >= 4 is 5.91 Å². The fraction of sp³-hybridized carbons (Fsp3) is 0.417. The van der Waals surface area contributed by atoms with Crippen LogP contribution in [0.5, 0.6) is 0 Å². The maximum absolute atomic E-state index is 11.8. The molecular formula is C12H18N2O2. The third-order valence-electron chi connectivity index (χ3n) is 2.70. The summed E-state index contributed by atoms with van der Waals surface area (Å²) in [6.45, 7) is 1.80. The van der Waals surface area contributed by atoms with Gasteiger partial charge in [-0.15, -0.1) is 0 Å². The summed E-state index contributed by atoms with van der Waals surface area (Å²) < 4.78 is 0. The van der Waals surface area contributed by atoms with Crippen LogP contribution in [-0.2, 0) is 9.63 Å². The molecule has 2 N–H and O–H groups in total. The fourth-order valence-electron chi connectivity index (χ4n) is 1.49. The molecule has 0 bridgehead atoms. The van der Waals surface area contributed by atoms with Gasteiger partial charge in [0.05, 0.1) is 13.0 Å². The first kappa shape index (κ1) is 12.7. The lowest BCUT2D eigenvalue weighted by atomic mass is 9.95. The first-order valence-corrected chi connectivity index (χ1v) is 5.20. The summed E-state index contributed by atoms with van der Waals surface area (Å²) in [5.41, 5.74) is 6.98. The van der Waals surface area contributed by atoms with E-state index in [9.17, 15) is 4.79 Å². The Morgan fingerprint density at radius 3 is 2.44 bits per heavy atom. The van der Waals surface area contributed by atoms with E-state index in [1.807, 2.05) is 30.3 Å². The summed E-state index contributed by atoms with van der Waals surface area (Å²) in [5.74, 6) is -0.439. The molecule has 0 saturated carbocycles. The van der Waals surface area contributed by atoms with Gasteiger partial charge < -0.3 is 5.73 Å². The van der Waals surface area contributed by atoms with Gasteiger partial charge in [-0.3, -0.25) is 9.63 Å². The van der Waals surface area contributed by atoms with Crippen molar-refractivity contribution in [1.82, 2.24) is 5.06 Å². The molecule has 0 aliphatic heterocycles. The van der Waals surface area contributed by atoms with Crippen LogP contribution < -0.4 is 5.73 Å². The lowest BCUT2D eigenvalue weighted by Crippen LogP contribution is -2.36. The zero-order valence-corrected chi connectivity index (χ0v) is 9.88. The lowest BCUT2D eigenvalue weighted by Gasteiger charge is -2.23. The summed E-state index contributed by atoms with van der Waals surface area (Å²) >= 11 is 0. The molecule has 2 unspecified atom stereocenters. The van der Waals surface area contributed by atoms with Crippen molar-refractivity contribution < 1.29 is 9.63 Å². The molecule has 4 nitrogen and oxygen atoms in total. The Morgan fingerprint density at radius 2 is 1.94 bits per heavy atom. The van der Waals surface area contributed by atoms with Gasteiger partial charge in [-0.25, -0.2) is 5.06 Å². The zero-order valence-electron chi connectivity index (χ0n) is 9.88. The number of amides is 1. The number of nitrogens with zero attached hydrogens (tertiary/aromatic N) is 1. The van der Waals surface area contributed by atoms with Gasteiger partial charge in [-0.2, -0.15) is 0 Å².